The highest BCUT2D eigenvalue weighted by molar-refractivity contribution is 6.00. The molecule has 1 aromatic carbocycles. The fraction of sp³-hybridized carbons (Fsp3) is 0.350. The van der Waals surface area contributed by atoms with Crippen LogP contribution in [0, 0.1) is 17.0 Å². The predicted octanol–water partition coefficient (Wildman–Crippen LogP) is 2.55. The zero-order valence-electron chi connectivity index (χ0n) is 17.6. The maximum absolute atomic E-state index is 14.0. The lowest BCUT2D eigenvalue weighted by molar-refractivity contribution is 0.0912. The van der Waals surface area contributed by atoms with Crippen LogP contribution in [-0.4, -0.2) is 52.9 Å². The smallest absolute Gasteiger partial charge is 0.256 e. The van der Waals surface area contributed by atoms with Crippen LogP contribution in [0.5, 0.6) is 5.75 Å². The van der Waals surface area contributed by atoms with Gasteiger partial charge in [0.05, 0.1) is 19.0 Å². The van der Waals surface area contributed by atoms with Gasteiger partial charge in [-0.25, -0.2) is 13.8 Å². The highest BCUT2D eigenvalue weighted by Crippen LogP contribution is 2.32. The molecule has 0 bridgehead atoms. The number of hydrogen-bond donors (Lipinski definition) is 4. The highest BCUT2D eigenvalue weighted by atomic mass is 19.1. The first-order valence-electron chi connectivity index (χ1n) is 9.44. The Kier molecular flexibility index (Phi) is 6.25. The molecule has 0 atom stereocenters. The summed E-state index contributed by atoms with van der Waals surface area (Å²) in [4.78, 5) is 17.1. The third-order valence-corrected chi connectivity index (χ3v) is 4.60. The number of carbonyl (C=O) groups excluding carboxylic acids is 1. The molecule has 0 radical (unpaired) electrons. The summed E-state index contributed by atoms with van der Waals surface area (Å²) < 4.78 is 34.2. The molecule has 0 saturated heterocycles. The predicted molar refractivity (Wildman–Crippen MR) is 112 cm³/mol. The van der Waals surface area contributed by atoms with Crippen molar-refractivity contribution in [2.75, 3.05) is 37.9 Å². The number of rotatable bonds is 8. The number of anilines is 3. The van der Waals surface area contributed by atoms with Gasteiger partial charge in [-0.3, -0.25) is 4.79 Å². The van der Waals surface area contributed by atoms with Crippen molar-refractivity contribution in [3.8, 4) is 5.75 Å². The molecule has 0 aliphatic heterocycles. The third-order valence-electron chi connectivity index (χ3n) is 4.60. The minimum Gasteiger partial charge on any atom is -0.492 e. The number of hydrogen-bond acceptors (Lipinski definition) is 7. The topological polar surface area (TPSA) is 113 Å². The lowest BCUT2D eigenvalue weighted by atomic mass is 9.95. The SMILES string of the molecule is CNc1cc(Nc2cc(F)cc(F)c2OC)nc2c(C(=O)NCC(C)(C)CO)cnn12. The van der Waals surface area contributed by atoms with Gasteiger partial charge in [0.2, 0.25) is 0 Å². The molecule has 4 N–H and O–H groups in total. The van der Waals surface area contributed by atoms with E-state index >= 15 is 0 Å². The van der Waals surface area contributed by atoms with Crippen molar-refractivity contribution < 1.29 is 23.4 Å². The van der Waals surface area contributed by atoms with E-state index in [0.29, 0.717) is 11.9 Å². The number of nitrogens with zero attached hydrogens (tertiary/aromatic N) is 3. The number of benzene rings is 1. The number of aromatic nitrogens is 3. The van der Waals surface area contributed by atoms with Crippen LogP contribution in [-0.2, 0) is 0 Å². The molecule has 3 rings (SSSR count). The van der Waals surface area contributed by atoms with Crippen LogP contribution in [0.3, 0.4) is 0 Å². The van der Waals surface area contributed by atoms with Gasteiger partial charge in [0, 0.05) is 43.8 Å². The molecule has 0 fully saturated rings. The van der Waals surface area contributed by atoms with Crippen molar-refractivity contribution in [3.63, 3.8) is 0 Å². The van der Waals surface area contributed by atoms with Crippen LogP contribution in [0.25, 0.3) is 5.65 Å². The maximum Gasteiger partial charge on any atom is 0.256 e. The van der Waals surface area contributed by atoms with E-state index in [1.807, 2.05) is 13.8 Å². The Hall–Kier alpha value is -3.47. The summed E-state index contributed by atoms with van der Waals surface area (Å²) in [5, 5.41) is 22.1. The number of aliphatic hydroxyl groups is 1. The molecule has 0 spiro atoms. The first-order chi connectivity index (χ1) is 14.7. The molecule has 0 aliphatic carbocycles. The average Bonchev–Trinajstić information content (AvgIpc) is 3.15. The van der Waals surface area contributed by atoms with E-state index in [1.165, 1.54) is 17.8 Å². The van der Waals surface area contributed by atoms with Gasteiger partial charge >= 0.3 is 0 Å². The largest absolute Gasteiger partial charge is 0.492 e. The summed E-state index contributed by atoms with van der Waals surface area (Å²) in [6.07, 6.45) is 1.37. The lowest BCUT2D eigenvalue weighted by Gasteiger charge is -2.21. The third kappa shape index (κ3) is 4.66. The number of nitrogens with one attached hydrogen (secondary N) is 3. The van der Waals surface area contributed by atoms with E-state index in [4.69, 9.17) is 4.74 Å². The summed E-state index contributed by atoms with van der Waals surface area (Å²) in [5.41, 5.74) is -0.0303. The van der Waals surface area contributed by atoms with Crippen LogP contribution in [0.15, 0.2) is 24.4 Å². The average molecular weight is 434 g/mol. The summed E-state index contributed by atoms with van der Waals surface area (Å²) in [5.74, 6) is -1.55. The number of carbonyl (C=O) groups is 1. The molecule has 0 saturated carbocycles. The number of ether oxygens (including phenoxy) is 1. The Morgan fingerprint density at radius 1 is 1.29 bits per heavy atom. The van der Waals surface area contributed by atoms with Crippen LogP contribution in [0.1, 0.15) is 24.2 Å². The summed E-state index contributed by atoms with van der Waals surface area (Å²) in [6, 6.07) is 3.36. The molecule has 0 unspecified atom stereocenters. The Morgan fingerprint density at radius 2 is 2.03 bits per heavy atom. The molecule has 166 valence electrons. The first kappa shape index (κ1) is 22.2. The van der Waals surface area contributed by atoms with Gasteiger partial charge in [-0.1, -0.05) is 13.8 Å². The van der Waals surface area contributed by atoms with Crippen LogP contribution >= 0.6 is 0 Å². The Balaban J connectivity index is 2.00. The minimum atomic E-state index is -0.865. The number of fused-ring (bicyclic) bond motifs is 1. The molecule has 3 aromatic rings. The van der Waals surface area contributed by atoms with E-state index in [1.54, 1.807) is 13.1 Å². The molecule has 11 heteroatoms. The zero-order valence-corrected chi connectivity index (χ0v) is 17.6. The van der Waals surface area contributed by atoms with Gasteiger partial charge in [0.1, 0.15) is 23.0 Å². The van der Waals surface area contributed by atoms with Crippen LogP contribution < -0.4 is 20.7 Å². The fourth-order valence-electron chi connectivity index (χ4n) is 2.83. The molecule has 9 nitrogen and oxygen atoms in total. The minimum absolute atomic E-state index is 0.0362. The second kappa shape index (κ2) is 8.72. The van der Waals surface area contributed by atoms with E-state index in [0.717, 1.165) is 6.07 Å². The zero-order chi connectivity index (χ0) is 22.8. The van der Waals surface area contributed by atoms with Crippen molar-refractivity contribution in [3.05, 3.63) is 41.6 Å². The van der Waals surface area contributed by atoms with Crippen molar-refractivity contribution in [2.45, 2.75) is 13.8 Å². The van der Waals surface area contributed by atoms with Gasteiger partial charge in [0.15, 0.2) is 17.2 Å². The standard InChI is InChI=1S/C20H24F2N6O3/c1-20(2,10-29)9-24-19(30)12-8-25-28-16(23-3)7-15(27-18(12)28)26-14-6-11(21)5-13(22)17(14)31-4/h5-8,23,29H,9-10H2,1-4H3,(H,24,30)(H,26,27). The van der Waals surface area contributed by atoms with Gasteiger partial charge in [-0.15, -0.1) is 0 Å². The molecule has 31 heavy (non-hydrogen) atoms. The number of methoxy groups -OCH3 is 1. The van der Waals surface area contributed by atoms with Gasteiger partial charge in [0.25, 0.3) is 5.91 Å². The lowest BCUT2D eigenvalue weighted by Crippen LogP contribution is -2.36. The molecule has 2 aromatic heterocycles. The van der Waals surface area contributed by atoms with Crippen molar-refractivity contribution >= 4 is 28.9 Å². The molecular weight excluding hydrogens is 410 g/mol. The van der Waals surface area contributed by atoms with Crippen molar-refractivity contribution in [1.29, 1.82) is 0 Å². The second-order valence-corrected chi connectivity index (χ2v) is 7.67. The number of aliphatic hydroxyl groups excluding tert-OH is 1. The molecule has 0 aliphatic rings. The first-order valence-corrected chi connectivity index (χ1v) is 9.44. The van der Waals surface area contributed by atoms with Gasteiger partial charge in [-0.05, 0) is 0 Å². The van der Waals surface area contributed by atoms with E-state index in [2.05, 4.69) is 26.0 Å². The molecule has 1 amide bonds. The quantitative estimate of drug-likeness (QED) is 0.431. The Bertz CT molecular complexity index is 1120. The normalized spacial score (nSPS) is 11.5. The van der Waals surface area contributed by atoms with E-state index in [9.17, 15) is 18.7 Å². The van der Waals surface area contributed by atoms with E-state index < -0.39 is 23.0 Å². The highest BCUT2D eigenvalue weighted by Gasteiger charge is 2.22. The van der Waals surface area contributed by atoms with Crippen LogP contribution in [0.4, 0.5) is 26.1 Å². The molecular formula is C20H24F2N6O3. The maximum atomic E-state index is 14.0. The Morgan fingerprint density at radius 3 is 2.68 bits per heavy atom. The van der Waals surface area contributed by atoms with Gasteiger partial charge < -0.3 is 25.8 Å². The second-order valence-electron chi connectivity index (χ2n) is 7.67. The molecule has 2 heterocycles. The van der Waals surface area contributed by atoms with Gasteiger partial charge in [-0.2, -0.15) is 9.61 Å². The van der Waals surface area contributed by atoms with E-state index in [-0.39, 0.29) is 41.6 Å². The Labute approximate surface area is 177 Å². The summed E-state index contributed by atoms with van der Waals surface area (Å²) in [7, 11) is 2.93. The summed E-state index contributed by atoms with van der Waals surface area (Å²) in [6.45, 7) is 3.78. The van der Waals surface area contributed by atoms with Crippen LogP contribution in [0.2, 0.25) is 0 Å². The monoisotopic (exact) mass is 434 g/mol. The van der Waals surface area contributed by atoms with Crippen molar-refractivity contribution in [2.24, 2.45) is 5.41 Å². The number of amides is 1. The van der Waals surface area contributed by atoms with Crippen molar-refractivity contribution in [1.82, 2.24) is 19.9 Å². The summed E-state index contributed by atoms with van der Waals surface area (Å²) >= 11 is 0. The fourth-order valence-corrected chi connectivity index (χ4v) is 2.83. The number of halogens is 2.